The largest absolute Gasteiger partial charge is 0.480 e. The maximum absolute atomic E-state index is 11.5. The SMILES string of the molecule is CCN(CC(=O)O)CC(=O)NCCCOC(C)C. The highest BCUT2D eigenvalue weighted by molar-refractivity contribution is 5.78. The highest BCUT2D eigenvalue weighted by Crippen LogP contribution is 1.90. The molecule has 0 aliphatic heterocycles. The van der Waals surface area contributed by atoms with Gasteiger partial charge in [0, 0.05) is 13.2 Å². The number of likely N-dealkylation sites (N-methyl/N-ethyl adjacent to an activating group) is 1. The molecular formula is C12H24N2O4. The van der Waals surface area contributed by atoms with Crippen LogP contribution in [0.4, 0.5) is 0 Å². The van der Waals surface area contributed by atoms with E-state index in [1.165, 1.54) is 0 Å². The number of amides is 1. The summed E-state index contributed by atoms with van der Waals surface area (Å²) in [5, 5.41) is 11.4. The summed E-state index contributed by atoms with van der Waals surface area (Å²) in [6.07, 6.45) is 0.960. The fourth-order valence-corrected chi connectivity index (χ4v) is 1.35. The van der Waals surface area contributed by atoms with Gasteiger partial charge >= 0.3 is 5.97 Å². The highest BCUT2D eigenvalue weighted by atomic mass is 16.5. The van der Waals surface area contributed by atoms with Gasteiger partial charge in [-0.25, -0.2) is 0 Å². The number of carbonyl (C=O) groups is 2. The predicted octanol–water partition coefficient (Wildman–Crippen LogP) is 0.324. The minimum Gasteiger partial charge on any atom is -0.480 e. The molecule has 0 aromatic carbocycles. The van der Waals surface area contributed by atoms with Crippen LogP contribution in [0.15, 0.2) is 0 Å². The first-order chi connectivity index (χ1) is 8.45. The second kappa shape index (κ2) is 9.85. The lowest BCUT2D eigenvalue weighted by Crippen LogP contribution is -2.40. The third-order valence-corrected chi connectivity index (χ3v) is 2.27. The summed E-state index contributed by atoms with van der Waals surface area (Å²) in [5.41, 5.74) is 0. The molecule has 6 heteroatoms. The van der Waals surface area contributed by atoms with Crippen LogP contribution in [-0.4, -0.2) is 60.8 Å². The molecule has 0 fully saturated rings. The summed E-state index contributed by atoms with van der Waals surface area (Å²) >= 11 is 0. The van der Waals surface area contributed by atoms with Gasteiger partial charge in [0.25, 0.3) is 0 Å². The molecule has 0 bridgehead atoms. The first kappa shape index (κ1) is 16.9. The van der Waals surface area contributed by atoms with Gasteiger partial charge in [0.05, 0.1) is 19.2 Å². The van der Waals surface area contributed by atoms with Crippen molar-refractivity contribution in [1.82, 2.24) is 10.2 Å². The Morgan fingerprint density at radius 2 is 2.00 bits per heavy atom. The second-order valence-corrected chi connectivity index (χ2v) is 4.32. The van der Waals surface area contributed by atoms with Crippen LogP contribution in [0.3, 0.4) is 0 Å². The summed E-state index contributed by atoms with van der Waals surface area (Å²) < 4.78 is 5.34. The Hall–Kier alpha value is -1.14. The number of carboxylic acid groups (broad SMARTS) is 1. The Kier molecular flexibility index (Phi) is 9.22. The molecule has 18 heavy (non-hydrogen) atoms. The molecule has 0 aromatic heterocycles. The average molecular weight is 260 g/mol. The molecule has 106 valence electrons. The minimum atomic E-state index is -0.921. The van der Waals surface area contributed by atoms with Crippen LogP contribution in [0.5, 0.6) is 0 Å². The highest BCUT2D eigenvalue weighted by Gasteiger charge is 2.11. The van der Waals surface area contributed by atoms with E-state index in [4.69, 9.17) is 9.84 Å². The lowest BCUT2D eigenvalue weighted by atomic mass is 10.4. The van der Waals surface area contributed by atoms with Gasteiger partial charge in [-0.1, -0.05) is 6.92 Å². The van der Waals surface area contributed by atoms with Crippen molar-refractivity contribution in [3.8, 4) is 0 Å². The van der Waals surface area contributed by atoms with Gasteiger partial charge in [-0.15, -0.1) is 0 Å². The van der Waals surface area contributed by atoms with Gasteiger partial charge in [0.2, 0.25) is 5.91 Å². The van der Waals surface area contributed by atoms with Crippen molar-refractivity contribution in [3.63, 3.8) is 0 Å². The van der Waals surface area contributed by atoms with Gasteiger partial charge in [0.1, 0.15) is 0 Å². The topological polar surface area (TPSA) is 78.9 Å². The maximum atomic E-state index is 11.5. The van der Waals surface area contributed by atoms with Crippen molar-refractivity contribution in [3.05, 3.63) is 0 Å². The molecule has 0 saturated carbocycles. The van der Waals surface area contributed by atoms with Crippen LogP contribution in [0.2, 0.25) is 0 Å². The molecule has 0 atom stereocenters. The Morgan fingerprint density at radius 1 is 1.33 bits per heavy atom. The lowest BCUT2D eigenvalue weighted by Gasteiger charge is -2.17. The van der Waals surface area contributed by atoms with Crippen LogP contribution in [0.1, 0.15) is 27.2 Å². The van der Waals surface area contributed by atoms with E-state index in [0.717, 1.165) is 6.42 Å². The first-order valence-corrected chi connectivity index (χ1v) is 6.28. The second-order valence-electron chi connectivity index (χ2n) is 4.32. The Bertz CT molecular complexity index is 256. The van der Waals surface area contributed by atoms with Crippen LogP contribution in [0.25, 0.3) is 0 Å². The zero-order valence-corrected chi connectivity index (χ0v) is 11.4. The lowest BCUT2D eigenvalue weighted by molar-refractivity contribution is -0.138. The number of nitrogens with zero attached hydrogens (tertiary/aromatic N) is 1. The van der Waals surface area contributed by atoms with E-state index in [2.05, 4.69) is 5.32 Å². The van der Waals surface area contributed by atoms with Crippen molar-refractivity contribution < 1.29 is 19.4 Å². The summed E-state index contributed by atoms with van der Waals surface area (Å²) in [7, 11) is 0. The van der Waals surface area contributed by atoms with E-state index in [0.29, 0.717) is 19.7 Å². The van der Waals surface area contributed by atoms with Crippen LogP contribution in [0, 0.1) is 0 Å². The van der Waals surface area contributed by atoms with E-state index in [9.17, 15) is 9.59 Å². The maximum Gasteiger partial charge on any atom is 0.317 e. The molecule has 0 saturated heterocycles. The third-order valence-electron chi connectivity index (χ3n) is 2.27. The van der Waals surface area contributed by atoms with Crippen molar-refractivity contribution in [2.45, 2.75) is 33.3 Å². The standard InChI is InChI=1S/C12H24N2O4/c1-4-14(9-12(16)17)8-11(15)13-6-5-7-18-10(2)3/h10H,4-9H2,1-3H3,(H,13,15)(H,16,17). The van der Waals surface area contributed by atoms with Gasteiger partial charge in [-0.2, -0.15) is 0 Å². The monoisotopic (exact) mass is 260 g/mol. The number of rotatable bonds is 10. The smallest absolute Gasteiger partial charge is 0.317 e. The number of carboxylic acids is 1. The van der Waals surface area contributed by atoms with E-state index >= 15 is 0 Å². The minimum absolute atomic E-state index is 0.111. The molecule has 0 rings (SSSR count). The Labute approximate surface area is 108 Å². The van der Waals surface area contributed by atoms with Gasteiger partial charge in [-0.05, 0) is 26.8 Å². The fourth-order valence-electron chi connectivity index (χ4n) is 1.35. The molecular weight excluding hydrogens is 236 g/mol. The summed E-state index contributed by atoms with van der Waals surface area (Å²) in [6.45, 7) is 7.46. The third kappa shape index (κ3) is 10.0. The number of carbonyl (C=O) groups excluding carboxylic acids is 1. The molecule has 0 radical (unpaired) electrons. The predicted molar refractivity (Wildman–Crippen MR) is 68.5 cm³/mol. The fraction of sp³-hybridized carbons (Fsp3) is 0.833. The molecule has 0 spiro atoms. The van der Waals surface area contributed by atoms with Gasteiger partial charge < -0.3 is 15.2 Å². The molecule has 0 aliphatic rings. The molecule has 0 heterocycles. The number of ether oxygens (including phenoxy) is 1. The van der Waals surface area contributed by atoms with Crippen LogP contribution < -0.4 is 5.32 Å². The van der Waals surface area contributed by atoms with Crippen molar-refractivity contribution in [2.75, 3.05) is 32.8 Å². The summed E-state index contributed by atoms with van der Waals surface area (Å²) in [4.78, 5) is 23.6. The van der Waals surface area contributed by atoms with Crippen molar-refractivity contribution in [2.24, 2.45) is 0 Å². The molecule has 0 unspecified atom stereocenters. The summed E-state index contributed by atoms with van der Waals surface area (Å²) in [6, 6.07) is 0. The average Bonchev–Trinajstić information content (AvgIpc) is 2.26. The first-order valence-electron chi connectivity index (χ1n) is 6.28. The van der Waals surface area contributed by atoms with Gasteiger partial charge in [-0.3, -0.25) is 14.5 Å². The summed E-state index contributed by atoms with van der Waals surface area (Å²) in [5.74, 6) is -1.07. The number of aliphatic carboxylic acids is 1. The number of nitrogens with one attached hydrogen (secondary N) is 1. The van der Waals surface area contributed by atoms with Crippen LogP contribution >= 0.6 is 0 Å². The molecule has 0 aliphatic carbocycles. The quantitative estimate of drug-likeness (QED) is 0.553. The van der Waals surface area contributed by atoms with Crippen LogP contribution in [-0.2, 0) is 14.3 Å². The number of hydrogen-bond donors (Lipinski definition) is 2. The zero-order valence-electron chi connectivity index (χ0n) is 11.4. The zero-order chi connectivity index (χ0) is 14.0. The van der Waals surface area contributed by atoms with E-state index in [1.807, 2.05) is 20.8 Å². The van der Waals surface area contributed by atoms with Crippen molar-refractivity contribution in [1.29, 1.82) is 0 Å². The van der Waals surface area contributed by atoms with Gasteiger partial charge in [0.15, 0.2) is 0 Å². The van der Waals surface area contributed by atoms with E-state index in [1.54, 1.807) is 4.90 Å². The number of hydrogen-bond acceptors (Lipinski definition) is 4. The Morgan fingerprint density at radius 3 is 2.50 bits per heavy atom. The van der Waals surface area contributed by atoms with E-state index in [-0.39, 0.29) is 25.1 Å². The Balaban J connectivity index is 3.65. The van der Waals surface area contributed by atoms with Crippen molar-refractivity contribution >= 4 is 11.9 Å². The van der Waals surface area contributed by atoms with E-state index < -0.39 is 5.97 Å². The molecule has 1 amide bonds. The molecule has 2 N–H and O–H groups in total. The normalized spacial score (nSPS) is 10.9. The molecule has 6 nitrogen and oxygen atoms in total. The molecule has 0 aromatic rings.